The van der Waals surface area contributed by atoms with E-state index >= 15 is 0 Å². The van der Waals surface area contributed by atoms with Crippen molar-refractivity contribution < 1.29 is 0 Å². The average molecular weight is 213 g/mol. The van der Waals surface area contributed by atoms with E-state index in [1.807, 2.05) is 0 Å². The van der Waals surface area contributed by atoms with E-state index in [1.165, 1.54) is 15.6 Å². The van der Waals surface area contributed by atoms with E-state index in [-0.39, 0.29) is 0 Å². The lowest BCUT2D eigenvalue weighted by Crippen LogP contribution is -1.87. The largest absolute Gasteiger partial charge is 0.0587 e. The molecule has 0 fully saturated rings. The molecule has 0 unspecified atom stereocenters. The second kappa shape index (κ2) is 3.40. The summed E-state index contributed by atoms with van der Waals surface area (Å²) < 4.78 is 1.20. The Morgan fingerprint density at radius 2 is 1.91 bits per heavy atom. The molecule has 0 spiro atoms. The number of aryl methyl sites for hydroxylation is 1. The van der Waals surface area contributed by atoms with Gasteiger partial charge in [-0.3, -0.25) is 0 Å². The van der Waals surface area contributed by atoms with Gasteiger partial charge in [0.15, 0.2) is 0 Å². The van der Waals surface area contributed by atoms with Crippen LogP contribution in [-0.4, -0.2) is 0 Å². The topological polar surface area (TPSA) is 0 Å². The van der Waals surface area contributed by atoms with Crippen molar-refractivity contribution in [1.29, 1.82) is 0 Å². The zero-order valence-electron chi connectivity index (χ0n) is 7.19. The minimum Gasteiger partial charge on any atom is -0.0587 e. The molecule has 0 amide bonds. The fourth-order valence-electron chi connectivity index (χ4n) is 1.03. The van der Waals surface area contributed by atoms with E-state index in [0.717, 1.165) is 0 Å². The van der Waals surface area contributed by atoms with Crippen molar-refractivity contribution in [2.24, 2.45) is 0 Å². The van der Waals surface area contributed by atoms with Crippen LogP contribution >= 0.6 is 15.9 Å². The summed E-state index contributed by atoms with van der Waals surface area (Å²) in [5.41, 5.74) is 2.72. The van der Waals surface area contributed by atoms with Gasteiger partial charge in [0.25, 0.3) is 0 Å². The normalized spacial score (nSPS) is 10.6. The number of benzene rings is 1. The summed E-state index contributed by atoms with van der Waals surface area (Å²) in [4.78, 5) is 0. The minimum absolute atomic E-state index is 0.627. The molecule has 0 aliphatic rings. The maximum Gasteiger partial charge on any atom is 0.0204 e. The first-order valence-corrected chi connectivity index (χ1v) is 4.66. The molecule has 0 bridgehead atoms. The molecule has 0 N–H and O–H groups in total. The van der Waals surface area contributed by atoms with E-state index < -0.39 is 0 Å². The number of hydrogen-bond donors (Lipinski definition) is 0. The van der Waals surface area contributed by atoms with Crippen molar-refractivity contribution in [2.75, 3.05) is 0 Å². The molecule has 0 heterocycles. The fourth-order valence-corrected chi connectivity index (χ4v) is 1.27. The van der Waals surface area contributed by atoms with E-state index in [4.69, 9.17) is 0 Å². The molecule has 1 aromatic carbocycles. The Balaban J connectivity index is 3.05. The van der Waals surface area contributed by atoms with E-state index in [0.29, 0.717) is 5.92 Å². The van der Waals surface area contributed by atoms with Crippen molar-refractivity contribution in [3.8, 4) is 0 Å². The van der Waals surface area contributed by atoms with Gasteiger partial charge in [0.05, 0.1) is 0 Å². The van der Waals surface area contributed by atoms with Gasteiger partial charge >= 0.3 is 0 Å². The van der Waals surface area contributed by atoms with E-state index in [1.54, 1.807) is 0 Å². The van der Waals surface area contributed by atoms with Crippen LogP contribution in [0.5, 0.6) is 0 Å². The monoisotopic (exact) mass is 212 g/mol. The summed E-state index contributed by atoms with van der Waals surface area (Å²) >= 11 is 3.48. The van der Waals surface area contributed by atoms with Crippen LogP contribution in [0.2, 0.25) is 0 Å². The SMILES string of the molecule is Cc1cc(C(C)C)ccc1Br. The highest BCUT2D eigenvalue weighted by Gasteiger charge is 2.00. The van der Waals surface area contributed by atoms with Crippen molar-refractivity contribution in [3.63, 3.8) is 0 Å². The second-order valence-corrected chi connectivity index (χ2v) is 4.02. The van der Waals surface area contributed by atoms with Gasteiger partial charge in [-0.15, -0.1) is 0 Å². The van der Waals surface area contributed by atoms with E-state index in [2.05, 4.69) is 54.9 Å². The van der Waals surface area contributed by atoms with Crippen LogP contribution in [0.1, 0.15) is 30.9 Å². The molecule has 0 nitrogen and oxygen atoms in total. The van der Waals surface area contributed by atoms with Gasteiger partial charge in [-0.1, -0.05) is 41.9 Å². The summed E-state index contributed by atoms with van der Waals surface area (Å²) in [6.45, 7) is 6.54. The first kappa shape index (κ1) is 8.79. The van der Waals surface area contributed by atoms with Crippen LogP contribution in [-0.2, 0) is 0 Å². The lowest BCUT2D eigenvalue weighted by Gasteiger charge is -2.06. The Hall–Kier alpha value is -0.300. The summed E-state index contributed by atoms with van der Waals surface area (Å²) in [7, 11) is 0. The number of rotatable bonds is 1. The van der Waals surface area contributed by atoms with Gasteiger partial charge in [-0.05, 0) is 30.0 Å². The lowest BCUT2D eigenvalue weighted by molar-refractivity contribution is 0.864. The third-order valence-corrected chi connectivity index (χ3v) is 2.74. The predicted octanol–water partition coefficient (Wildman–Crippen LogP) is 3.88. The molecule has 0 radical (unpaired) electrons. The van der Waals surface area contributed by atoms with Crippen molar-refractivity contribution in [3.05, 3.63) is 33.8 Å². The van der Waals surface area contributed by atoms with Gasteiger partial charge < -0.3 is 0 Å². The standard InChI is InChI=1S/C10H13Br/c1-7(2)9-4-5-10(11)8(3)6-9/h4-7H,1-3H3. The Bertz CT molecular complexity index is 251. The number of hydrogen-bond acceptors (Lipinski definition) is 0. The Morgan fingerprint density at radius 1 is 1.27 bits per heavy atom. The molecular weight excluding hydrogens is 200 g/mol. The predicted molar refractivity (Wildman–Crippen MR) is 53.0 cm³/mol. The quantitative estimate of drug-likeness (QED) is 0.664. The first-order valence-electron chi connectivity index (χ1n) is 3.87. The third-order valence-electron chi connectivity index (χ3n) is 1.85. The highest BCUT2D eigenvalue weighted by molar-refractivity contribution is 9.10. The maximum absolute atomic E-state index is 3.48. The van der Waals surface area contributed by atoms with Gasteiger partial charge in [-0.25, -0.2) is 0 Å². The van der Waals surface area contributed by atoms with Crippen molar-refractivity contribution in [1.82, 2.24) is 0 Å². The molecule has 0 saturated carbocycles. The summed E-state index contributed by atoms with van der Waals surface area (Å²) in [6, 6.07) is 6.52. The second-order valence-electron chi connectivity index (χ2n) is 3.16. The maximum atomic E-state index is 3.48. The Labute approximate surface area is 76.8 Å². The van der Waals surface area contributed by atoms with Crippen LogP contribution in [0.25, 0.3) is 0 Å². The molecule has 1 heteroatoms. The first-order chi connectivity index (χ1) is 5.11. The van der Waals surface area contributed by atoms with Gasteiger partial charge in [0.1, 0.15) is 0 Å². The molecular formula is C10H13Br. The molecule has 0 aliphatic carbocycles. The lowest BCUT2D eigenvalue weighted by atomic mass is 10.0. The van der Waals surface area contributed by atoms with E-state index in [9.17, 15) is 0 Å². The van der Waals surface area contributed by atoms with Crippen LogP contribution in [0.3, 0.4) is 0 Å². The molecule has 60 valence electrons. The fraction of sp³-hybridized carbons (Fsp3) is 0.400. The van der Waals surface area contributed by atoms with Crippen molar-refractivity contribution >= 4 is 15.9 Å². The molecule has 11 heavy (non-hydrogen) atoms. The van der Waals surface area contributed by atoms with Crippen LogP contribution in [0, 0.1) is 6.92 Å². The van der Waals surface area contributed by atoms with Gasteiger partial charge in [0.2, 0.25) is 0 Å². The number of halogens is 1. The Morgan fingerprint density at radius 3 is 2.36 bits per heavy atom. The van der Waals surface area contributed by atoms with Crippen LogP contribution in [0.15, 0.2) is 22.7 Å². The molecule has 0 aromatic heterocycles. The third kappa shape index (κ3) is 2.06. The molecule has 0 atom stereocenters. The van der Waals surface area contributed by atoms with Gasteiger partial charge in [0, 0.05) is 4.47 Å². The Kier molecular flexibility index (Phi) is 2.72. The molecule has 1 aromatic rings. The minimum atomic E-state index is 0.627. The zero-order valence-corrected chi connectivity index (χ0v) is 8.77. The summed E-state index contributed by atoms with van der Waals surface area (Å²) in [5, 5.41) is 0. The average Bonchev–Trinajstić information content (AvgIpc) is 1.94. The van der Waals surface area contributed by atoms with Crippen molar-refractivity contribution in [2.45, 2.75) is 26.7 Å². The summed E-state index contributed by atoms with van der Waals surface area (Å²) in [5.74, 6) is 0.627. The molecule has 0 saturated heterocycles. The van der Waals surface area contributed by atoms with Crippen LogP contribution in [0.4, 0.5) is 0 Å². The smallest absolute Gasteiger partial charge is 0.0204 e. The summed E-state index contributed by atoms with van der Waals surface area (Å²) in [6.07, 6.45) is 0. The molecule has 1 rings (SSSR count). The molecule has 0 aliphatic heterocycles. The zero-order chi connectivity index (χ0) is 8.43. The van der Waals surface area contributed by atoms with Crippen LogP contribution < -0.4 is 0 Å². The van der Waals surface area contributed by atoms with Gasteiger partial charge in [-0.2, -0.15) is 0 Å². The highest BCUT2D eigenvalue weighted by atomic mass is 79.9. The highest BCUT2D eigenvalue weighted by Crippen LogP contribution is 2.21.